The average molecular weight is 480 g/mol. The number of aromatic nitrogens is 5. The predicted octanol–water partition coefficient (Wildman–Crippen LogP) is 7.55. The Bertz CT molecular complexity index is 2110. The number of hydrogen-bond acceptors (Lipinski definition) is 5. The summed E-state index contributed by atoms with van der Waals surface area (Å²) in [4.78, 5) is 20.0. The van der Waals surface area contributed by atoms with Gasteiger partial charge in [0.2, 0.25) is 5.95 Å². The van der Waals surface area contributed by atoms with Gasteiger partial charge < -0.3 is 0 Å². The van der Waals surface area contributed by atoms with Crippen LogP contribution in [0.5, 0.6) is 0 Å². The van der Waals surface area contributed by atoms with Crippen LogP contribution in [0.3, 0.4) is 0 Å². The van der Waals surface area contributed by atoms with Crippen LogP contribution < -0.4 is 0 Å². The first-order chi connectivity index (χ1) is 17.8. The van der Waals surface area contributed by atoms with E-state index in [4.69, 9.17) is 9.97 Å². The van der Waals surface area contributed by atoms with E-state index in [0.29, 0.717) is 5.95 Å². The first kappa shape index (κ1) is 19.6. The lowest BCUT2D eigenvalue weighted by Gasteiger charge is -2.11. The smallest absolute Gasteiger partial charge is 0.235 e. The van der Waals surface area contributed by atoms with Gasteiger partial charge in [-0.15, -0.1) is 11.3 Å². The second kappa shape index (κ2) is 7.41. The number of nitrogens with zero attached hydrogens (tertiary/aromatic N) is 5. The molecule has 0 bridgehead atoms. The van der Waals surface area contributed by atoms with E-state index < -0.39 is 0 Å². The van der Waals surface area contributed by atoms with Crippen LogP contribution in [-0.4, -0.2) is 24.5 Å². The highest BCUT2D eigenvalue weighted by Crippen LogP contribution is 2.39. The number of fused-ring (bicyclic) bond motifs is 7. The van der Waals surface area contributed by atoms with Gasteiger partial charge in [0.25, 0.3) is 0 Å². The van der Waals surface area contributed by atoms with Gasteiger partial charge in [0, 0.05) is 43.4 Å². The molecular weight excluding hydrogens is 462 g/mol. The van der Waals surface area contributed by atoms with Crippen LogP contribution >= 0.6 is 11.3 Å². The third-order valence-electron chi connectivity index (χ3n) is 6.79. The Labute approximate surface area is 209 Å². The van der Waals surface area contributed by atoms with E-state index in [0.717, 1.165) is 48.8 Å². The lowest BCUT2D eigenvalue weighted by Crippen LogP contribution is -2.03. The van der Waals surface area contributed by atoms with E-state index in [1.165, 1.54) is 15.5 Å². The molecular formula is C30H17N5S. The molecule has 0 spiro atoms. The van der Waals surface area contributed by atoms with E-state index in [1.54, 1.807) is 17.7 Å². The Hall–Kier alpha value is -4.68. The standard InChI is InChI=1S/C30H17N5S/c1-2-8-18(9-3-1)28-20-11-4-6-12-24(20)33-30(34-28)35-25-13-7-5-10-19(25)21-15-27-22(14-26(21)35)23-16-31-17-32-29(23)36-27/h1-17H. The van der Waals surface area contributed by atoms with E-state index in [1.807, 2.05) is 36.5 Å². The van der Waals surface area contributed by atoms with E-state index in [-0.39, 0.29) is 0 Å². The van der Waals surface area contributed by atoms with Gasteiger partial charge in [-0.25, -0.2) is 19.9 Å². The molecule has 8 rings (SSSR count). The molecule has 6 heteroatoms. The van der Waals surface area contributed by atoms with Crippen molar-refractivity contribution in [2.24, 2.45) is 0 Å². The molecule has 0 aliphatic heterocycles. The minimum Gasteiger partial charge on any atom is -0.278 e. The maximum Gasteiger partial charge on any atom is 0.235 e. The van der Waals surface area contributed by atoms with Gasteiger partial charge >= 0.3 is 0 Å². The molecule has 0 N–H and O–H groups in total. The Balaban J connectivity index is 1.53. The second-order valence-corrected chi connectivity index (χ2v) is 9.85. The van der Waals surface area contributed by atoms with Gasteiger partial charge in [0.05, 0.1) is 22.2 Å². The van der Waals surface area contributed by atoms with Gasteiger partial charge in [-0.2, -0.15) is 0 Å². The normalized spacial score (nSPS) is 11.9. The van der Waals surface area contributed by atoms with Crippen LogP contribution in [0.15, 0.2) is 104 Å². The topological polar surface area (TPSA) is 56.5 Å². The lowest BCUT2D eigenvalue weighted by molar-refractivity contribution is 1.01. The van der Waals surface area contributed by atoms with E-state index in [9.17, 15) is 0 Å². The molecule has 0 saturated carbocycles. The first-order valence-corrected chi connectivity index (χ1v) is 12.5. The summed E-state index contributed by atoms with van der Waals surface area (Å²) in [7, 11) is 0. The SMILES string of the molecule is c1ccc(-c2nc(-n3c4ccccc4c4cc5sc6ncncc6c5cc43)nc3ccccc23)cc1. The molecule has 4 aromatic carbocycles. The Morgan fingerprint density at radius 3 is 2.36 bits per heavy atom. The summed E-state index contributed by atoms with van der Waals surface area (Å²) in [6.07, 6.45) is 3.51. The number of para-hydroxylation sites is 2. The minimum atomic E-state index is 0.661. The molecule has 0 aliphatic rings. The van der Waals surface area contributed by atoms with Gasteiger partial charge in [-0.1, -0.05) is 66.7 Å². The molecule has 0 saturated heterocycles. The minimum absolute atomic E-state index is 0.661. The van der Waals surface area contributed by atoms with Crippen molar-refractivity contribution in [1.29, 1.82) is 0 Å². The van der Waals surface area contributed by atoms with Crippen molar-refractivity contribution in [1.82, 2.24) is 24.5 Å². The molecule has 168 valence electrons. The largest absolute Gasteiger partial charge is 0.278 e. The van der Waals surface area contributed by atoms with Gasteiger partial charge in [-0.05, 0) is 24.3 Å². The maximum atomic E-state index is 5.17. The number of benzene rings is 4. The first-order valence-electron chi connectivity index (χ1n) is 11.7. The maximum absolute atomic E-state index is 5.17. The van der Waals surface area contributed by atoms with Crippen molar-refractivity contribution < 1.29 is 0 Å². The molecule has 5 nitrogen and oxygen atoms in total. The van der Waals surface area contributed by atoms with Crippen LogP contribution in [0.4, 0.5) is 0 Å². The van der Waals surface area contributed by atoms with Crippen molar-refractivity contribution in [3.8, 4) is 17.2 Å². The third kappa shape index (κ3) is 2.76. The molecule has 36 heavy (non-hydrogen) atoms. The quantitative estimate of drug-likeness (QED) is 0.257. The van der Waals surface area contributed by atoms with Crippen molar-refractivity contribution in [3.05, 3.63) is 104 Å². The molecule has 8 aromatic rings. The predicted molar refractivity (Wildman–Crippen MR) is 148 cm³/mol. The summed E-state index contributed by atoms with van der Waals surface area (Å²) in [6.45, 7) is 0. The Kier molecular flexibility index (Phi) is 4.03. The number of hydrogen-bond donors (Lipinski definition) is 0. The van der Waals surface area contributed by atoms with E-state index in [2.05, 4.69) is 75.2 Å². The van der Waals surface area contributed by atoms with Gasteiger partial charge in [-0.3, -0.25) is 4.57 Å². The fraction of sp³-hybridized carbons (Fsp3) is 0. The van der Waals surface area contributed by atoms with Crippen molar-refractivity contribution in [3.63, 3.8) is 0 Å². The van der Waals surface area contributed by atoms with Crippen molar-refractivity contribution in [2.45, 2.75) is 0 Å². The molecule has 0 fully saturated rings. The molecule has 0 radical (unpaired) electrons. The van der Waals surface area contributed by atoms with Gasteiger partial charge in [0.15, 0.2) is 0 Å². The monoisotopic (exact) mass is 479 g/mol. The molecule has 0 amide bonds. The molecule has 4 aromatic heterocycles. The van der Waals surface area contributed by atoms with E-state index >= 15 is 0 Å². The van der Waals surface area contributed by atoms with Crippen LogP contribution in [0, 0.1) is 0 Å². The van der Waals surface area contributed by atoms with Crippen LogP contribution in [0.2, 0.25) is 0 Å². The second-order valence-electron chi connectivity index (χ2n) is 8.82. The summed E-state index contributed by atoms with van der Waals surface area (Å²) in [5, 5.41) is 5.61. The van der Waals surface area contributed by atoms with Crippen molar-refractivity contribution in [2.75, 3.05) is 0 Å². The average Bonchev–Trinajstić information content (AvgIpc) is 3.46. The summed E-state index contributed by atoms with van der Waals surface area (Å²) in [6, 6.07) is 31.5. The van der Waals surface area contributed by atoms with Crippen LogP contribution in [-0.2, 0) is 0 Å². The Morgan fingerprint density at radius 1 is 0.639 bits per heavy atom. The zero-order valence-corrected chi connectivity index (χ0v) is 19.8. The summed E-state index contributed by atoms with van der Waals surface area (Å²) < 4.78 is 3.39. The van der Waals surface area contributed by atoms with Crippen molar-refractivity contribution >= 4 is 64.3 Å². The summed E-state index contributed by atoms with van der Waals surface area (Å²) in [5.74, 6) is 0.661. The highest BCUT2D eigenvalue weighted by molar-refractivity contribution is 7.25. The van der Waals surface area contributed by atoms with Crippen LogP contribution in [0.1, 0.15) is 0 Å². The molecule has 0 unspecified atom stereocenters. The summed E-state index contributed by atoms with van der Waals surface area (Å²) >= 11 is 1.70. The zero-order valence-electron chi connectivity index (χ0n) is 19.0. The molecule has 0 atom stereocenters. The highest BCUT2D eigenvalue weighted by atomic mass is 32.1. The Morgan fingerprint density at radius 2 is 1.44 bits per heavy atom. The molecule has 0 aliphatic carbocycles. The molecule has 4 heterocycles. The fourth-order valence-electron chi connectivity index (χ4n) is 5.17. The highest BCUT2D eigenvalue weighted by Gasteiger charge is 2.19. The summed E-state index contributed by atoms with van der Waals surface area (Å²) in [5.41, 5.74) is 5.07. The third-order valence-corrected chi connectivity index (χ3v) is 7.86. The lowest BCUT2D eigenvalue weighted by atomic mass is 10.1. The van der Waals surface area contributed by atoms with Gasteiger partial charge in [0.1, 0.15) is 11.2 Å². The number of thiophene rings is 1. The fourth-order valence-corrected chi connectivity index (χ4v) is 6.21. The zero-order chi connectivity index (χ0) is 23.6. The number of rotatable bonds is 2. The van der Waals surface area contributed by atoms with Crippen LogP contribution in [0.25, 0.3) is 70.2 Å².